The van der Waals surface area contributed by atoms with E-state index in [1.165, 1.54) is 25.1 Å². The molecule has 0 aliphatic heterocycles. The first kappa shape index (κ1) is 21.8. The van der Waals surface area contributed by atoms with E-state index in [2.05, 4.69) is 0 Å². The van der Waals surface area contributed by atoms with Gasteiger partial charge in [-0.25, -0.2) is 8.42 Å². The van der Waals surface area contributed by atoms with Gasteiger partial charge in [0.25, 0.3) is 0 Å². The topological polar surface area (TPSA) is 78.0 Å². The van der Waals surface area contributed by atoms with E-state index in [0.29, 0.717) is 13.1 Å². The fourth-order valence-electron chi connectivity index (χ4n) is 2.87. The van der Waals surface area contributed by atoms with E-state index in [1.54, 1.807) is 17.0 Å². The van der Waals surface area contributed by atoms with Crippen LogP contribution in [0.25, 0.3) is 10.8 Å². The molecule has 7 nitrogen and oxygen atoms in total. The number of benzene rings is 2. The summed E-state index contributed by atoms with van der Waals surface area (Å²) in [7, 11) is -0.959. The normalized spacial score (nSPS) is 11.6. The molecule has 0 bridgehead atoms. The number of fused-ring (bicyclic) bond motifs is 1. The van der Waals surface area contributed by atoms with Crippen LogP contribution in [0.5, 0.6) is 0 Å². The smallest absolute Gasteiger partial charge is 0.243 e. The maximum absolute atomic E-state index is 12.8. The number of hydrogen-bond acceptors (Lipinski definition) is 4. The van der Waals surface area contributed by atoms with Gasteiger partial charge in [-0.15, -0.1) is 0 Å². The second-order valence-electron chi connectivity index (χ2n) is 6.59. The van der Waals surface area contributed by atoms with Crippen LogP contribution in [-0.2, 0) is 19.6 Å². The van der Waals surface area contributed by atoms with Gasteiger partial charge in [0.1, 0.15) is 0 Å². The number of carbonyl (C=O) groups excluding carboxylic acids is 2. The maximum atomic E-state index is 12.8. The van der Waals surface area contributed by atoms with E-state index in [0.717, 1.165) is 15.1 Å². The molecule has 0 heterocycles. The van der Waals surface area contributed by atoms with Crippen LogP contribution in [0.1, 0.15) is 13.8 Å². The number of rotatable bonds is 8. The third-order valence-electron chi connectivity index (χ3n) is 4.70. The van der Waals surface area contributed by atoms with Gasteiger partial charge in [0.15, 0.2) is 0 Å². The molecule has 0 saturated carbocycles. The first-order chi connectivity index (χ1) is 13.2. The number of likely N-dealkylation sites (N-methyl/N-ethyl adjacent to an activating group) is 3. The Labute approximate surface area is 166 Å². The quantitative estimate of drug-likeness (QED) is 0.671. The van der Waals surface area contributed by atoms with Crippen molar-refractivity contribution in [3.8, 4) is 0 Å². The highest BCUT2D eigenvalue weighted by Crippen LogP contribution is 2.21. The zero-order valence-corrected chi connectivity index (χ0v) is 17.6. The first-order valence-corrected chi connectivity index (χ1v) is 10.6. The summed E-state index contributed by atoms with van der Waals surface area (Å²) in [5.74, 6) is -0.603. The van der Waals surface area contributed by atoms with Crippen molar-refractivity contribution < 1.29 is 18.0 Å². The molecule has 2 amide bonds. The molecule has 0 saturated heterocycles. The molecule has 0 N–H and O–H groups in total. The number of hydrogen-bond donors (Lipinski definition) is 0. The van der Waals surface area contributed by atoms with E-state index in [4.69, 9.17) is 0 Å². The van der Waals surface area contributed by atoms with Crippen LogP contribution < -0.4 is 0 Å². The van der Waals surface area contributed by atoms with Crippen LogP contribution >= 0.6 is 0 Å². The van der Waals surface area contributed by atoms with Crippen molar-refractivity contribution in [3.63, 3.8) is 0 Å². The lowest BCUT2D eigenvalue weighted by Gasteiger charge is -2.25. The summed E-state index contributed by atoms with van der Waals surface area (Å²) in [4.78, 5) is 27.6. The number of carbonyl (C=O) groups is 2. The minimum Gasteiger partial charge on any atom is -0.342 e. The lowest BCUT2D eigenvalue weighted by Crippen LogP contribution is -2.44. The Kier molecular flexibility index (Phi) is 7.15. The minimum absolute atomic E-state index is 0.0790. The summed E-state index contributed by atoms with van der Waals surface area (Å²) >= 11 is 0. The van der Waals surface area contributed by atoms with Crippen LogP contribution in [0.3, 0.4) is 0 Å². The van der Waals surface area contributed by atoms with Crippen LogP contribution in [-0.4, -0.2) is 74.6 Å². The molecule has 2 rings (SSSR count). The maximum Gasteiger partial charge on any atom is 0.243 e. The fraction of sp³-hybridized carbons (Fsp3) is 0.400. The average molecular weight is 406 g/mol. The van der Waals surface area contributed by atoms with Crippen molar-refractivity contribution in [3.05, 3.63) is 42.5 Å². The lowest BCUT2D eigenvalue weighted by molar-refractivity contribution is -0.139. The highest BCUT2D eigenvalue weighted by atomic mass is 32.2. The zero-order valence-electron chi connectivity index (χ0n) is 16.8. The van der Waals surface area contributed by atoms with Gasteiger partial charge in [0.05, 0.1) is 18.0 Å². The molecule has 0 spiro atoms. The number of sulfonamides is 1. The molecule has 0 aromatic heterocycles. The SMILES string of the molecule is CCN(CC)C(=O)CN(C)C(=O)CN(C)S(=O)(=O)c1ccc2ccccc2c1. The lowest BCUT2D eigenvalue weighted by atomic mass is 10.1. The largest absolute Gasteiger partial charge is 0.342 e. The third kappa shape index (κ3) is 4.88. The van der Waals surface area contributed by atoms with E-state index in [-0.39, 0.29) is 23.9 Å². The molecular weight excluding hydrogens is 378 g/mol. The Morgan fingerprint density at radius 1 is 0.857 bits per heavy atom. The molecule has 0 radical (unpaired) electrons. The predicted octanol–water partition coefficient (Wildman–Crippen LogP) is 1.79. The van der Waals surface area contributed by atoms with Crippen LogP contribution in [0, 0.1) is 0 Å². The first-order valence-electron chi connectivity index (χ1n) is 9.17. The summed E-state index contributed by atoms with van der Waals surface area (Å²) in [6.07, 6.45) is 0. The van der Waals surface area contributed by atoms with Crippen LogP contribution in [0.4, 0.5) is 0 Å². The molecule has 152 valence electrons. The molecule has 0 atom stereocenters. The number of nitrogens with zero attached hydrogens (tertiary/aromatic N) is 3. The van der Waals surface area contributed by atoms with Gasteiger partial charge in [0, 0.05) is 27.2 Å². The summed E-state index contributed by atoms with van der Waals surface area (Å²) in [6, 6.07) is 12.3. The van der Waals surface area contributed by atoms with Crippen molar-refractivity contribution >= 4 is 32.6 Å². The molecule has 28 heavy (non-hydrogen) atoms. The van der Waals surface area contributed by atoms with E-state index < -0.39 is 15.9 Å². The predicted molar refractivity (Wildman–Crippen MR) is 109 cm³/mol. The molecule has 2 aromatic rings. The second kappa shape index (κ2) is 9.16. The summed E-state index contributed by atoms with van der Waals surface area (Å²) in [5.41, 5.74) is 0. The third-order valence-corrected chi connectivity index (χ3v) is 6.50. The summed E-state index contributed by atoms with van der Waals surface area (Å²) < 4.78 is 26.7. The highest BCUT2D eigenvalue weighted by molar-refractivity contribution is 7.89. The fourth-order valence-corrected chi connectivity index (χ4v) is 4.03. The van der Waals surface area contributed by atoms with E-state index in [1.807, 2.05) is 38.1 Å². The van der Waals surface area contributed by atoms with E-state index >= 15 is 0 Å². The van der Waals surface area contributed by atoms with Gasteiger partial charge in [-0.1, -0.05) is 30.3 Å². The molecule has 2 aromatic carbocycles. The van der Waals surface area contributed by atoms with Gasteiger partial charge in [0.2, 0.25) is 21.8 Å². The molecule has 0 aliphatic carbocycles. The van der Waals surface area contributed by atoms with Gasteiger partial charge in [-0.2, -0.15) is 4.31 Å². The van der Waals surface area contributed by atoms with Crippen molar-refractivity contribution in [2.45, 2.75) is 18.7 Å². The van der Waals surface area contributed by atoms with E-state index in [9.17, 15) is 18.0 Å². The van der Waals surface area contributed by atoms with Crippen molar-refractivity contribution in [1.29, 1.82) is 0 Å². The van der Waals surface area contributed by atoms with Gasteiger partial charge < -0.3 is 9.80 Å². The van der Waals surface area contributed by atoms with Gasteiger partial charge in [-0.05, 0) is 36.8 Å². The summed E-state index contributed by atoms with van der Waals surface area (Å²) in [5, 5.41) is 1.75. The average Bonchev–Trinajstić information content (AvgIpc) is 2.68. The van der Waals surface area contributed by atoms with Crippen LogP contribution in [0.15, 0.2) is 47.4 Å². The Morgan fingerprint density at radius 3 is 2.07 bits per heavy atom. The zero-order chi connectivity index (χ0) is 20.9. The molecule has 0 fully saturated rings. The monoisotopic (exact) mass is 405 g/mol. The molecule has 0 aliphatic rings. The van der Waals surface area contributed by atoms with Crippen molar-refractivity contribution in [2.75, 3.05) is 40.3 Å². The molecular formula is C20H27N3O4S. The minimum atomic E-state index is -3.82. The van der Waals surface area contributed by atoms with Crippen LogP contribution in [0.2, 0.25) is 0 Å². The standard InChI is InChI=1S/C20H27N3O4S/c1-5-23(6-2)20(25)14-21(3)19(24)15-22(4)28(26,27)18-12-11-16-9-7-8-10-17(16)13-18/h7-13H,5-6,14-15H2,1-4H3. The Hall–Kier alpha value is -2.45. The Morgan fingerprint density at radius 2 is 1.46 bits per heavy atom. The summed E-state index contributed by atoms with van der Waals surface area (Å²) in [6.45, 7) is 4.45. The van der Waals surface area contributed by atoms with Gasteiger partial charge >= 0.3 is 0 Å². The second-order valence-corrected chi connectivity index (χ2v) is 8.63. The Bertz CT molecular complexity index is 955. The van der Waals surface area contributed by atoms with Crippen molar-refractivity contribution in [2.24, 2.45) is 0 Å². The van der Waals surface area contributed by atoms with Crippen molar-refractivity contribution in [1.82, 2.24) is 14.1 Å². The Balaban J connectivity index is 2.09. The highest BCUT2D eigenvalue weighted by Gasteiger charge is 2.25. The van der Waals surface area contributed by atoms with Gasteiger partial charge in [-0.3, -0.25) is 9.59 Å². The number of amides is 2. The molecule has 0 unspecified atom stereocenters. The molecule has 8 heteroatoms.